The van der Waals surface area contributed by atoms with Crippen molar-refractivity contribution in [1.82, 2.24) is 0 Å². The van der Waals surface area contributed by atoms with Gasteiger partial charge in [0.1, 0.15) is 17.6 Å². The van der Waals surface area contributed by atoms with Crippen molar-refractivity contribution in [3.8, 4) is 0 Å². The zero-order valence-electron chi connectivity index (χ0n) is 8.57. The Hall–Kier alpha value is -1.57. The van der Waals surface area contributed by atoms with Gasteiger partial charge < -0.3 is 9.21 Å². The minimum absolute atomic E-state index is 0.228. The van der Waals surface area contributed by atoms with Crippen LogP contribution in [0.5, 0.6) is 0 Å². The summed E-state index contributed by atoms with van der Waals surface area (Å²) < 4.78 is 5.57. The second-order valence-corrected chi connectivity index (χ2v) is 4.26. The van der Waals surface area contributed by atoms with Crippen molar-refractivity contribution in [1.29, 1.82) is 0 Å². The van der Waals surface area contributed by atoms with Gasteiger partial charge in [0, 0.05) is 11.3 Å². The smallest absolute Gasteiger partial charge is 0.134 e. The van der Waals surface area contributed by atoms with Crippen molar-refractivity contribution >= 4 is 17.3 Å². The van der Waals surface area contributed by atoms with E-state index in [1.165, 1.54) is 10.9 Å². The Morgan fingerprint density at radius 2 is 2.33 bits per heavy atom. The molecule has 1 fully saturated rings. The first-order valence-electron chi connectivity index (χ1n) is 5.24. The SMILES string of the molecule is Cc1cc2c([C@@H]3C[C@H]3C=O)cccc2o1. The van der Waals surface area contributed by atoms with Crippen LogP contribution in [0.4, 0.5) is 0 Å². The third-order valence-corrected chi connectivity index (χ3v) is 3.13. The summed E-state index contributed by atoms with van der Waals surface area (Å²) in [5.41, 5.74) is 2.20. The molecule has 0 unspecified atom stereocenters. The second kappa shape index (κ2) is 2.96. The fourth-order valence-electron chi connectivity index (χ4n) is 2.26. The summed E-state index contributed by atoms with van der Waals surface area (Å²) >= 11 is 0. The lowest BCUT2D eigenvalue weighted by Gasteiger charge is -1.98. The topological polar surface area (TPSA) is 30.2 Å². The number of hydrogen-bond donors (Lipinski definition) is 0. The van der Waals surface area contributed by atoms with Crippen LogP contribution in [0, 0.1) is 12.8 Å². The molecule has 0 saturated heterocycles. The van der Waals surface area contributed by atoms with Crippen LogP contribution >= 0.6 is 0 Å². The molecule has 0 amide bonds. The van der Waals surface area contributed by atoms with Crippen molar-refractivity contribution < 1.29 is 9.21 Å². The first-order valence-corrected chi connectivity index (χ1v) is 5.24. The highest BCUT2D eigenvalue weighted by Crippen LogP contribution is 2.48. The molecule has 3 rings (SSSR count). The number of benzene rings is 1. The molecule has 2 atom stereocenters. The van der Waals surface area contributed by atoms with Gasteiger partial charge in [-0.25, -0.2) is 0 Å². The quantitative estimate of drug-likeness (QED) is 0.697. The lowest BCUT2D eigenvalue weighted by Crippen LogP contribution is -1.84. The molecule has 76 valence electrons. The van der Waals surface area contributed by atoms with Gasteiger partial charge in [-0.05, 0) is 37.0 Å². The largest absolute Gasteiger partial charge is 0.461 e. The summed E-state index contributed by atoms with van der Waals surface area (Å²) in [6.45, 7) is 1.95. The molecule has 1 heterocycles. The van der Waals surface area contributed by atoms with Crippen molar-refractivity contribution in [3.05, 3.63) is 35.6 Å². The van der Waals surface area contributed by atoms with Gasteiger partial charge in [-0.1, -0.05) is 12.1 Å². The van der Waals surface area contributed by atoms with Crippen LogP contribution in [-0.4, -0.2) is 6.29 Å². The molecule has 15 heavy (non-hydrogen) atoms. The van der Waals surface area contributed by atoms with Gasteiger partial charge in [-0.3, -0.25) is 0 Å². The molecule has 0 bridgehead atoms. The number of carbonyl (C=O) groups excluding carboxylic acids is 1. The normalized spacial score (nSPS) is 24.3. The van der Waals surface area contributed by atoms with Gasteiger partial charge in [0.2, 0.25) is 0 Å². The Labute approximate surface area is 87.9 Å². The van der Waals surface area contributed by atoms with Crippen molar-refractivity contribution in [2.24, 2.45) is 5.92 Å². The molecule has 1 aromatic heterocycles. The zero-order chi connectivity index (χ0) is 10.4. The average molecular weight is 200 g/mol. The molecule has 1 saturated carbocycles. The van der Waals surface area contributed by atoms with E-state index in [4.69, 9.17) is 4.42 Å². The Morgan fingerprint density at radius 3 is 3.07 bits per heavy atom. The highest BCUT2D eigenvalue weighted by atomic mass is 16.3. The second-order valence-electron chi connectivity index (χ2n) is 4.26. The van der Waals surface area contributed by atoms with E-state index in [0.717, 1.165) is 24.1 Å². The molecular weight excluding hydrogens is 188 g/mol. The van der Waals surface area contributed by atoms with Gasteiger partial charge in [0.25, 0.3) is 0 Å². The lowest BCUT2D eigenvalue weighted by molar-refractivity contribution is -0.108. The summed E-state index contributed by atoms with van der Waals surface area (Å²) in [6.07, 6.45) is 2.06. The van der Waals surface area contributed by atoms with E-state index >= 15 is 0 Å². The molecule has 0 spiro atoms. The Morgan fingerprint density at radius 1 is 1.47 bits per heavy atom. The number of fused-ring (bicyclic) bond motifs is 1. The van der Waals surface area contributed by atoms with E-state index < -0.39 is 0 Å². The first-order chi connectivity index (χ1) is 7.29. The third-order valence-electron chi connectivity index (χ3n) is 3.13. The van der Waals surface area contributed by atoms with E-state index in [2.05, 4.69) is 12.1 Å². The Bertz CT molecular complexity index is 524. The third kappa shape index (κ3) is 1.29. The molecule has 0 aliphatic heterocycles. The van der Waals surface area contributed by atoms with E-state index in [0.29, 0.717) is 5.92 Å². The van der Waals surface area contributed by atoms with Crippen LogP contribution in [0.2, 0.25) is 0 Å². The average Bonchev–Trinajstić information content (AvgIpc) is 2.91. The van der Waals surface area contributed by atoms with Crippen LogP contribution < -0.4 is 0 Å². The molecule has 1 aliphatic rings. The van der Waals surface area contributed by atoms with Crippen LogP contribution in [-0.2, 0) is 4.79 Å². The van der Waals surface area contributed by atoms with Crippen molar-refractivity contribution in [2.75, 3.05) is 0 Å². The molecule has 1 aliphatic carbocycles. The standard InChI is InChI=1S/C13H12O2/c1-8-5-12-10(11-6-9(11)7-14)3-2-4-13(12)15-8/h2-5,7,9,11H,6H2,1H3/t9-,11+/m0/s1. The molecule has 2 aromatic rings. The maximum absolute atomic E-state index is 10.7. The Balaban J connectivity index is 2.14. The fourth-order valence-corrected chi connectivity index (χ4v) is 2.26. The molecule has 0 N–H and O–H groups in total. The fraction of sp³-hybridized carbons (Fsp3) is 0.308. The maximum atomic E-state index is 10.7. The number of aldehydes is 1. The van der Waals surface area contributed by atoms with Gasteiger partial charge >= 0.3 is 0 Å². The van der Waals surface area contributed by atoms with Crippen LogP contribution in [0.25, 0.3) is 11.0 Å². The number of rotatable bonds is 2. The van der Waals surface area contributed by atoms with E-state index in [-0.39, 0.29) is 5.92 Å². The summed E-state index contributed by atoms with van der Waals surface area (Å²) in [4.78, 5) is 10.7. The summed E-state index contributed by atoms with van der Waals surface area (Å²) in [7, 11) is 0. The molecular formula is C13H12O2. The minimum Gasteiger partial charge on any atom is -0.461 e. The number of hydrogen-bond acceptors (Lipinski definition) is 2. The Kier molecular flexibility index (Phi) is 1.72. The predicted molar refractivity (Wildman–Crippen MR) is 57.9 cm³/mol. The van der Waals surface area contributed by atoms with E-state index in [1.54, 1.807) is 0 Å². The summed E-state index contributed by atoms with van der Waals surface area (Å²) in [5.74, 6) is 1.58. The monoisotopic (exact) mass is 200 g/mol. The predicted octanol–water partition coefficient (Wildman–Crippen LogP) is 3.04. The van der Waals surface area contributed by atoms with E-state index in [1.807, 2.05) is 19.1 Å². The zero-order valence-corrected chi connectivity index (χ0v) is 8.57. The van der Waals surface area contributed by atoms with Crippen molar-refractivity contribution in [2.45, 2.75) is 19.3 Å². The maximum Gasteiger partial charge on any atom is 0.134 e. The molecule has 2 nitrogen and oxygen atoms in total. The molecule has 2 heteroatoms. The highest BCUT2D eigenvalue weighted by molar-refractivity contribution is 5.83. The van der Waals surface area contributed by atoms with Crippen LogP contribution in [0.3, 0.4) is 0 Å². The van der Waals surface area contributed by atoms with Crippen molar-refractivity contribution in [3.63, 3.8) is 0 Å². The first kappa shape index (κ1) is 8.72. The molecule has 0 radical (unpaired) electrons. The molecule has 1 aromatic carbocycles. The number of furan rings is 1. The van der Waals surface area contributed by atoms with E-state index in [9.17, 15) is 4.79 Å². The number of aryl methyl sites for hydroxylation is 1. The number of carbonyl (C=O) groups is 1. The van der Waals surface area contributed by atoms with Crippen LogP contribution in [0.1, 0.15) is 23.7 Å². The van der Waals surface area contributed by atoms with Crippen LogP contribution in [0.15, 0.2) is 28.7 Å². The summed E-state index contributed by atoms with van der Waals surface area (Å²) in [6, 6.07) is 8.14. The lowest BCUT2D eigenvalue weighted by atomic mass is 10.0. The van der Waals surface area contributed by atoms with Gasteiger partial charge in [-0.2, -0.15) is 0 Å². The van der Waals surface area contributed by atoms with Gasteiger partial charge in [0.05, 0.1) is 0 Å². The minimum atomic E-state index is 0.228. The summed E-state index contributed by atoms with van der Waals surface area (Å²) in [5, 5.41) is 1.17. The highest BCUT2D eigenvalue weighted by Gasteiger charge is 2.39. The van der Waals surface area contributed by atoms with Gasteiger partial charge in [0.15, 0.2) is 0 Å². The van der Waals surface area contributed by atoms with Gasteiger partial charge in [-0.15, -0.1) is 0 Å².